The summed E-state index contributed by atoms with van der Waals surface area (Å²) in [6.45, 7) is 45.0. The van der Waals surface area contributed by atoms with Gasteiger partial charge in [0, 0.05) is 21.8 Å². The zero-order chi connectivity index (χ0) is 39.3. The van der Waals surface area contributed by atoms with Gasteiger partial charge < -0.3 is 4.23 Å². The number of hydrogen-bond donors (Lipinski definition) is 0. The quantitative estimate of drug-likeness (QED) is 0.0953. The second kappa shape index (κ2) is 18.7. The molecule has 1 heterocycles. The second-order valence-electron chi connectivity index (χ2n) is 22.0. The van der Waals surface area contributed by atoms with Crippen molar-refractivity contribution in [1.29, 1.82) is 0 Å². The molecule has 0 N–H and O–H groups in total. The van der Waals surface area contributed by atoms with Crippen molar-refractivity contribution in [3.05, 3.63) is 36.4 Å². The molecule has 0 saturated carbocycles. The highest BCUT2D eigenvalue weighted by molar-refractivity contribution is 6.93. The first-order chi connectivity index (χ1) is 24.0. The van der Waals surface area contributed by atoms with Gasteiger partial charge in [-0.05, 0) is 83.5 Å². The van der Waals surface area contributed by atoms with E-state index in [1.54, 1.807) is 21.4 Å². The Labute approximate surface area is 328 Å². The Morgan fingerprint density at radius 2 is 0.577 bits per heavy atom. The lowest BCUT2D eigenvalue weighted by atomic mass is 10.1. The number of benzene rings is 2. The molecule has 0 amide bonds. The summed E-state index contributed by atoms with van der Waals surface area (Å²) < 4.78 is 3.17. The molecule has 4 heteroatoms. The molecule has 52 heavy (non-hydrogen) atoms. The molecule has 0 bridgehead atoms. The SMILES string of the molecule is CC(C)C[Si](CC(C)C)(CC(C)C)c1ccc2c3ccc([Si](CC(C)C)(CC(C)C)CC(C)C)cc3n([Si](CC(C)C)(CC(C)C)CC(C)C)c2c1. The molecule has 2 aromatic carbocycles. The Hall–Kier alpha value is -1.11. The molecule has 0 aliphatic carbocycles. The number of hydrogen-bond acceptors (Lipinski definition) is 0. The summed E-state index contributed by atoms with van der Waals surface area (Å²) in [7, 11) is -5.63. The van der Waals surface area contributed by atoms with Gasteiger partial charge in [-0.1, -0.05) is 196 Å². The molecule has 296 valence electrons. The van der Waals surface area contributed by atoms with Crippen molar-refractivity contribution in [2.24, 2.45) is 53.3 Å². The standard InChI is InChI=1S/C48H87NSi3/c1-34(2)25-50(26-35(3)4,27-36(5)6)43-19-21-45-46-22-20-44(51(28-37(7)8,29-38(9)10)30-39(11)12)24-48(46)49(47(45)23-43)52(31-40(13)14,32-41(15)16)33-42(17)18/h19-24,34-42H,25-33H2,1-18H3. The van der Waals surface area contributed by atoms with Crippen LogP contribution >= 0.6 is 0 Å². The maximum Gasteiger partial charge on any atom is 0.163 e. The van der Waals surface area contributed by atoms with Gasteiger partial charge in [0.15, 0.2) is 8.24 Å². The van der Waals surface area contributed by atoms with Crippen LogP contribution < -0.4 is 10.4 Å². The van der Waals surface area contributed by atoms with E-state index in [4.69, 9.17) is 0 Å². The topological polar surface area (TPSA) is 4.93 Å². The van der Waals surface area contributed by atoms with Gasteiger partial charge in [-0.3, -0.25) is 0 Å². The monoisotopic (exact) mass is 762 g/mol. The van der Waals surface area contributed by atoms with Gasteiger partial charge >= 0.3 is 0 Å². The van der Waals surface area contributed by atoms with E-state index in [2.05, 4.69) is 165 Å². The predicted octanol–water partition coefficient (Wildman–Crippen LogP) is 14.8. The predicted molar refractivity (Wildman–Crippen MR) is 248 cm³/mol. The second-order valence-corrected chi connectivity index (χ2v) is 34.8. The van der Waals surface area contributed by atoms with Gasteiger partial charge in [0.25, 0.3) is 0 Å². The minimum Gasteiger partial charge on any atom is -0.368 e. The smallest absolute Gasteiger partial charge is 0.163 e. The third-order valence-corrected chi connectivity index (χ3v) is 30.4. The summed E-state index contributed by atoms with van der Waals surface area (Å²) in [5.41, 5.74) is 3.21. The average Bonchev–Trinajstić information content (AvgIpc) is 3.27. The zero-order valence-corrected chi connectivity index (χ0v) is 41.0. The maximum absolute atomic E-state index is 3.17. The van der Waals surface area contributed by atoms with Crippen LogP contribution in [-0.2, 0) is 0 Å². The van der Waals surface area contributed by atoms with Crippen molar-refractivity contribution in [2.75, 3.05) is 0 Å². The molecule has 0 fully saturated rings. The Kier molecular flexibility index (Phi) is 16.3. The van der Waals surface area contributed by atoms with Crippen LogP contribution in [0.15, 0.2) is 36.4 Å². The Bertz CT molecular complexity index is 1360. The summed E-state index contributed by atoms with van der Waals surface area (Å²) >= 11 is 0. The lowest BCUT2D eigenvalue weighted by Gasteiger charge is -2.40. The third kappa shape index (κ3) is 11.2. The fourth-order valence-corrected chi connectivity index (χ4v) is 32.4. The van der Waals surface area contributed by atoms with Crippen molar-refractivity contribution in [1.82, 2.24) is 4.23 Å². The molecule has 0 aliphatic rings. The van der Waals surface area contributed by atoms with Crippen LogP contribution in [0, 0.1) is 53.3 Å². The van der Waals surface area contributed by atoms with Crippen LogP contribution in [0.3, 0.4) is 0 Å². The fourth-order valence-electron chi connectivity index (χ4n) is 11.9. The van der Waals surface area contributed by atoms with Crippen molar-refractivity contribution in [3.63, 3.8) is 0 Å². The number of fused-ring (bicyclic) bond motifs is 3. The van der Waals surface area contributed by atoms with Gasteiger partial charge in [0.2, 0.25) is 0 Å². The van der Waals surface area contributed by atoms with Crippen molar-refractivity contribution >= 4 is 56.6 Å². The van der Waals surface area contributed by atoms with E-state index in [0.29, 0.717) is 17.8 Å². The summed E-state index contributed by atoms with van der Waals surface area (Å²) in [5.74, 6) is 6.44. The van der Waals surface area contributed by atoms with E-state index >= 15 is 0 Å². The van der Waals surface area contributed by atoms with Crippen LogP contribution in [-0.4, -0.2) is 28.6 Å². The van der Waals surface area contributed by atoms with E-state index in [9.17, 15) is 0 Å². The Morgan fingerprint density at radius 3 is 0.788 bits per heavy atom. The molecule has 0 atom stereocenters. The summed E-state index contributed by atoms with van der Waals surface area (Å²) in [6, 6.07) is 28.8. The van der Waals surface area contributed by atoms with E-state index in [1.807, 2.05) is 0 Å². The van der Waals surface area contributed by atoms with Crippen molar-refractivity contribution in [3.8, 4) is 0 Å². The van der Waals surface area contributed by atoms with E-state index in [0.717, 1.165) is 35.5 Å². The Morgan fingerprint density at radius 1 is 0.346 bits per heavy atom. The van der Waals surface area contributed by atoms with Crippen molar-refractivity contribution < 1.29 is 0 Å². The number of nitrogens with zero attached hydrogens (tertiary/aromatic N) is 1. The highest BCUT2D eigenvalue weighted by Gasteiger charge is 2.43. The van der Waals surface area contributed by atoms with Crippen LogP contribution in [0.2, 0.25) is 54.4 Å². The highest BCUT2D eigenvalue weighted by Crippen LogP contribution is 2.42. The van der Waals surface area contributed by atoms with E-state index in [-0.39, 0.29) is 0 Å². The number of rotatable bonds is 21. The van der Waals surface area contributed by atoms with Gasteiger partial charge in [-0.25, -0.2) is 0 Å². The molecule has 1 nitrogen and oxygen atoms in total. The van der Waals surface area contributed by atoms with Gasteiger partial charge in [0.05, 0.1) is 16.1 Å². The summed E-state index contributed by atoms with van der Waals surface area (Å²) in [6.07, 6.45) is 0. The minimum atomic E-state index is -2.05. The number of aromatic nitrogens is 1. The first-order valence-corrected chi connectivity index (χ1v) is 30.0. The molecular weight excluding hydrogens is 675 g/mol. The summed E-state index contributed by atoms with van der Waals surface area (Å²) in [5, 5.41) is 6.57. The van der Waals surface area contributed by atoms with Crippen LogP contribution in [0.1, 0.15) is 125 Å². The molecule has 0 radical (unpaired) electrons. The van der Waals surface area contributed by atoms with E-state index < -0.39 is 24.4 Å². The first kappa shape index (κ1) is 45.3. The molecule has 1 aromatic heterocycles. The van der Waals surface area contributed by atoms with Crippen molar-refractivity contribution in [2.45, 2.75) is 179 Å². The normalized spacial score (nSPS) is 13.9. The largest absolute Gasteiger partial charge is 0.368 e. The molecule has 0 spiro atoms. The highest BCUT2D eigenvalue weighted by atomic mass is 28.3. The maximum atomic E-state index is 3.17. The van der Waals surface area contributed by atoms with E-state index in [1.165, 1.54) is 65.2 Å². The van der Waals surface area contributed by atoms with Gasteiger partial charge in [-0.15, -0.1) is 0 Å². The Balaban J connectivity index is 2.67. The van der Waals surface area contributed by atoms with Crippen LogP contribution in [0.5, 0.6) is 0 Å². The lowest BCUT2D eigenvalue weighted by molar-refractivity contribution is 0.631. The zero-order valence-electron chi connectivity index (χ0n) is 38.0. The fraction of sp³-hybridized carbons (Fsp3) is 0.750. The molecule has 3 rings (SSSR count). The first-order valence-electron chi connectivity index (χ1n) is 22.1. The average molecular weight is 762 g/mol. The molecule has 0 saturated heterocycles. The molecular formula is C48H87NSi3. The molecule has 3 aromatic rings. The molecule has 0 unspecified atom stereocenters. The third-order valence-electron chi connectivity index (χ3n) is 11.6. The summed E-state index contributed by atoms with van der Waals surface area (Å²) in [4.78, 5) is 0. The van der Waals surface area contributed by atoms with Crippen LogP contribution in [0.25, 0.3) is 21.8 Å². The van der Waals surface area contributed by atoms with Gasteiger partial charge in [0.1, 0.15) is 0 Å². The minimum absolute atomic E-state index is 0.690. The van der Waals surface area contributed by atoms with Gasteiger partial charge in [-0.2, -0.15) is 0 Å². The molecule has 0 aliphatic heterocycles. The van der Waals surface area contributed by atoms with Crippen LogP contribution in [0.4, 0.5) is 0 Å². The lowest BCUT2D eigenvalue weighted by Crippen LogP contribution is -2.51.